The van der Waals surface area contributed by atoms with Crippen molar-refractivity contribution in [3.8, 4) is 0 Å². The summed E-state index contributed by atoms with van der Waals surface area (Å²) in [6.07, 6.45) is 5.61. The Hall–Kier alpha value is -2.37. The third-order valence-electron chi connectivity index (χ3n) is 6.34. The van der Waals surface area contributed by atoms with E-state index in [0.717, 1.165) is 36.8 Å². The zero-order valence-electron chi connectivity index (χ0n) is 19.8. The van der Waals surface area contributed by atoms with Crippen LogP contribution in [0.25, 0.3) is 0 Å². The number of nitrogens with two attached hydrogens (primary N) is 1. The van der Waals surface area contributed by atoms with Gasteiger partial charge in [-0.3, -0.25) is 9.59 Å². The van der Waals surface area contributed by atoms with E-state index in [9.17, 15) is 9.59 Å². The first-order chi connectivity index (χ1) is 15.8. The molecule has 2 aromatic carbocycles. The first kappa shape index (κ1) is 25.3. The van der Waals surface area contributed by atoms with E-state index in [2.05, 4.69) is 19.2 Å². The molecule has 33 heavy (non-hydrogen) atoms. The fourth-order valence-electron chi connectivity index (χ4n) is 4.37. The number of carbonyl (C=O) groups excluding carboxylic acids is 2. The monoisotopic (exact) mass is 469 g/mol. The van der Waals surface area contributed by atoms with Crippen LogP contribution >= 0.6 is 11.6 Å². The van der Waals surface area contributed by atoms with E-state index in [1.165, 1.54) is 6.42 Å². The van der Waals surface area contributed by atoms with Crippen molar-refractivity contribution in [1.29, 1.82) is 0 Å². The second-order valence-corrected chi connectivity index (χ2v) is 10.3. The smallest absolute Gasteiger partial charge is 0.228 e. The Bertz CT molecular complexity index is 940. The van der Waals surface area contributed by atoms with Gasteiger partial charge in [-0.25, -0.2) is 0 Å². The van der Waals surface area contributed by atoms with Gasteiger partial charge in [0.25, 0.3) is 0 Å². The lowest BCUT2D eigenvalue weighted by Gasteiger charge is -2.35. The quantitative estimate of drug-likeness (QED) is 0.515. The molecule has 1 fully saturated rings. The molecule has 0 unspecified atom stereocenters. The lowest BCUT2D eigenvalue weighted by Crippen LogP contribution is -2.44. The first-order valence-electron chi connectivity index (χ1n) is 11.9. The van der Waals surface area contributed by atoms with Crippen LogP contribution < -0.4 is 11.1 Å². The van der Waals surface area contributed by atoms with Crippen molar-refractivity contribution in [3.63, 3.8) is 0 Å². The predicted molar refractivity (Wildman–Crippen MR) is 135 cm³/mol. The minimum Gasteiger partial charge on any atom is -0.337 e. The number of hydrogen-bond donors (Lipinski definition) is 2. The molecule has 1 aliphatic rings. The standard InChI is InChI=1S/C27H36ClN3O2/c1-27(2,18-29)19-31(26(33)21-11-7-4-8-12-21)17-22-16-23(13-14-24(22)28)30-25(32)15-20-9-5-3-6-10-20/h3,5-6,9-10,13-14,16,21H,4,7-8,11-12,15,17-19,29H2,1-2H3,(H,30,32). The Morgan fingerprint density at radius 1 is 1.09 bits per heavy atom. The molecule has 5 nitrogen and oxygen atoms in total. The molecule has 1 saturated carbocycles. The van der Waals surface area contributed by atoms with Gasteiger partial charge in [0.2, 0.25) is 11.8 Å². The van der Waals surface area contributed by atoms with Crippen LogP contribution in [0, 0.1) is 11.3 Å². The summed E-state index contributed by atoms with van der Waals surface area (Å²) in [6.45, 7) is 5.62. The van der Waals surface area contributed by atoms with Crippen LogP contribution in [0.3, 0.4) is 0 Å². The van der Waals surface area contributed by atoms with Gasteiger partial charge in [-0.05, 0) is 54.1 Å². The maximum atomic E-state index is 13.4. The summed E-state index contributed by atoms with van der Waals surface area (Å²) in [5.41, 5.74) is 8.25. The molecule has 1 aliphatic carbocycles. The fourth-order valence-corrected chi connectivity index (χ4v) is 4.54. The van der Waals surface area contributed by atoms with E-state index >= 15 is 0 Å². The molecule has 0 heterocycles. The number of anilines is 1. The molecule has 2 aromatic rings. The van der Waals surface area contributed by atoms with Crippen molar-refractivity contribution in [2.45, 2.75) is 58.9 Å². The van der Waals surface area contributed by atoms with Crippen molar-refractivity contribution in [2.24, 2.45) is 17.1 Å². The minimum absolute atomic E-state index is 0.0693. The van der Waals surface area contributed by atoms with Gasteiger partial charge >= 0.3 is 0 Å². The highest BCUT2D eigenvalue weighted by Crippen LogP contribution is 2.29. The summed E-state index contributed by atoms with van der Waals surface area (Å²) in [5.74, 6) is 0.166. The Labute approximate surface area is 202 Å². The molecular formula is C27H36ClN3O2. The molecule has 2 amide bonds. The number of benzene rings is 2. The molecule has 3 rings (SSSR count). The third-order valence-corrected chi connectivity index (χ3v) is 6.70. The maximum absolute atomic E-state index is 13.4. The van der Waals surface area contributed by atoms with E-state index in [4.69, 9.17) is 17.3 Å². The number of amides is 2. The van der Waals surface area contributed by atoms with Gasteiger partial charge in [0.1, 0.15) is 0 Å². The minimum atomic E-state index is -0.196. The summed E-state index contributed by atoms with van der Waals surface area (Å²) in [6, 6.07) is 15.1. The molecule has 3 N–H and O–H groups in total. The lowest BCUT2D eigenvalue weighted by atomic mass is 9.86. The van der Waals surface area contributed by atoms with Crippen LogP contribution in [-0.2, 0) is 22.6 Å². The number of halogens is 1. The number of carbonyl (C=O) groups is 2. The van der Waals surface area contributed by atoms with E-state index in [1.54, 1.807) is 12.1 Å². The third kappa shape index (κ3) is 7.58. The average Bonchev–Trinajstić information content (AvgIpc) is 2.81. The van der Waals surface area contributed by atoms with E-state index in [-0.39, 0.29) is 23.1 Å². The van der Waals surface area contributed by atoms with Gasteiger partial charge in [0.05, 0.1) is 6.42 Å². The molecule has 0 aliphatic heterocycles. The summed E-state index contributed by atoms with van der Waals surface area (Å²) in [5, 5.41) is 3.55. The SMILES string of the molecule is CC(C)(CN)CN(Cc1cc(NC(=O)Cc2ccccc2)ccc1Cl)C(=O)C1CCCCC1. The Kier molecular flexibility index (Phi) is 8.93. The zero-order valence-corrected chi connectivity index (χ0v) is 20.5. The molecule has 6 heteroatoms. The van der Waals surface area contributed by atoms with Crippen molar-refractivity contribution in [3.05, 3.63) is 64.7 Å². The highest BCUT2D eigenvalue weighted by atomic mass is 35.5. The van der Waals surface area contributed by atoms with Gasteiger partial charge in [0, 0.05) is 29.7 Å². The summed E-state index contributed by atoms with van der Waals surface area (Å²) < 4.78 is 0. The van der Waals surface area contributed by atoms with Crippen LogP contribution in [0.15, 0.2) is 48.5 Å². The van der Waals surface area contributed by atoms with Crippen molar-refractivity contribution in [1.82, 2.24) is 4.90 Å². The van der Waals surface area contributed by atoms with Gasteiger partial charge < -0.3 is 16.0 Å². The van der Waals surface area contributed by atoms with Crippen LogP contribution in [-0.4, -0.2) is 29.8 Å². The normalized spacial score (nSPS) is 14.7. The van der Waals surface area contributed by atoms with Gasteiger partial charge in [-0.2, -0.15) is 0 Å². The first-order valence-corrected chi connectivity index (χ1v) is 12.3. The van der Waals surface area contributed by atoms with Gasteiger partial charge in [-0.15, -0.1) is 0 Å². The largest absolute Gasteiger partial charge is 0.337 e. The van der Waals surface area contributed by atoms with E-state index in [1.807, 2.05) is 41.3 Å². The van der Waals surface area contributed by atoms with Crippen molar-refractivity contribution >= 4 is 29.1 Å². The fraction of sp³-hybridized carbons (Fsp3) is 0.481. The van der Waals surface area contributed by atoms with E-state index < -0.39 is 0 Å². The second-order valence-electron chi connectivity index (χ2n) is 9.91. The highest BCUT2D eigenvalue weighted by molar-refractivity contribution is 6.31. The number of hydrogen-bond acceptors (Lipinski definition) is 3. The second kappa shape index (κ2) is 11.7. The van der Waals surface area contributed by atoms with Crippen molar-refractivity contribution in [2.75, 3.05) is 18.4 Å². The van der Waals surface area contributed by atoms with Crippen LogP contribution in [0.2, 0.25) is 5.02 Å². The molecule has 0 aromatic heterocycles. The van der Waals surface area contributed by atoms with Crippen LogP contribution in [0.1, 0.15) is 57.1 Å². The average molecular weight is 470 g/mol. The van der Waals surface area contributed by atoms with Crippen LogP contribution in [0.5, 0.6) is 0 Å². The number of nitrogens with one attached hydrogen (secondary N) is 1. The highest BCUT2D eigenvalue weighted by Gasteiger charge is 2.30. The summed E-state index contributed by atoms with van der Waals surface area (Å²) >= 11 is 6.53. The summed E-state index contributed by atoms with van der Waals surface area (Å²) in [4.78, 5) is 27.9. The number of nitrogens with zero attached hydrogens (tertiary/aromatic N) is 1. The van der Waals surface area contributed by atoms with Crippen LogP contribution in [0.4, 0.5) is 5.69 Å². The zero-order chi connectivity index (χ0) is 23.8. The van der Waals surface area contributed by atoms with Gasteiger partial charge in [0.15, 0.2) is 0 Å². The maximum Gasteiger partial charge on any atom is 0.228 e. The topological polar surface area (TPSA) is 75.4 Å². The summed E-state index contributed by atoms with van der Waals surface area (Å²) in [7, 11) is 0. The molecule has 0 saturated heterocycles. The Morgan fingerprint density at radius 3 is 2.45 bits per heavy atom. The molecular weight excluding hydrogens is 434 g/mol. The molecule has 0 atom stereocenters. The molecule has 0 radical (unpaired) electrons. The predicted octanol–water partition coefficient (Wildman–Crippen LogP) is 5.42. The van der Waals surface area contributed by atoms with Gasteiger partial charge in [-0.1, -0.05) is 75.0 Å². The Balaban J connectivity index is 1.75. The Morgan fingerprint density at radius 2 is 1.79 bits per heavy atom. The lowest BCUT2D eigenvalue weighted by molar-refractivity contribution is -0.138. The molecule has 0 spiro atoms. The van der Waals surface area contributed by atoms with Crippen molar-refractivity contribution < 1.29 is 9.59 Å². The number of rotatable bonds is 9. The molecule has 178 valence electrons. The molecule has 0 bridgehead atoms. The van der Waals surface area contributed by atoms with E-state index in [0.29, 0.717) is 36.8 Å².